The van der Waals surface area contributed by atoms with E-state index in [1.807, 2.05) is 0 Å². The number of hydrogen-bond donors (Lipinski definition) is 2. The Labute approximate surface area is 99.6 Å². The second kappa shape index (κ2) is 4.47. The van der Waals surface area contributed by atoms with Crippen molar-refractivity contribution in [1.82, 2.24) is 0 Å². The molecule has 0 aliphatic rings. The quantitative estimate of drug-likeness (QED) is 0.805. The first kappa shape index (κ1) is 13.1. The van der Waals surface area contributed by atoms with Gasteiger partial charge in [-0.05, 0) is 19.9 Å². The molecule has 0 spiro atoms. The van der Waals surface area contributed by atoms with Crippen LogP contribution in [0.1, 0.15) is 13.8 Å². The number of anilines is 2. The molecule has 0 aromatic heterocycles. The van der Waals surface area contributed by atoms with E-state index in [0.29, 0.717) is 17.9 Å². The highest BCUT2D eigenvalue weighted by Gasteiger charge is 2.18. The van der Waals surface area contributed by atoms with Gasteiger partial charge in [-0.25, -0.2) is 4.39 Å². The summed E-state index contributed by atoms with van der Waals surface area (Å²) in [5.74, 6) is -0.520. The third-order valence-electron chi connectivity index (χ3n) is 2.10. The van der Waals surface area contributed by atoms with Crippen LogP contribution < -0.4 is 10.6 Å². The number of rotatable bonds is 3. The van der Waals surface area contributed by atoms with Crippen molar-refractivity contribution in [3.8, 4) is 0 Å². The summed E-state index contributed by atoms with van der Waals surface area (Å²) in [5, 5.41) is 9.66. The van der Waals surface area contributed by atoms with E-state index in [0.717, 1.165) is 0 Å². The smallest absolute Gasteiger partial charge is 0.144 e. The normalized spacial score (nSPS) is 11.6. The Kier molecular flexibility index (Phi) is 3.65. The number of likely N-dealkylation sites (N-methyl/N-ethyl adjacent to an activating group) is 1. The van der Waals surface area contributed by atoms with Crippen LogP contribution >= 0.6 is 11.6 Å². The molecule has 1 aromatic carbocycles. The van der Waals surface area contributed by atoms with Crippen LogP contribution in [0.4, 0.5) is 15.8 Å². The highest BCUT2D eigenvalue weighted by Crippen LogP contribution is 2.29. The molecule has 0 aliphatic heterocycles. The van der Waals surface area contributed by atoms with Crippen molar-refractivity contribution in [2.75, 3.05) is 24.2 Å². The van der Waals surface area contributed by atoms with E-state index in [1.165, 1.54) is 12.1 Å². The molecule has 0 fully saturated rings. The fourth-order valence-electron chi connectivity index (χ4n) is 1.55. The molecule has 0 saturated heterocycles. The van der Waals surface area contributed by atoms with Crippen molar-refractivity contribution >= 4 is 23.0 Å². The molecule has 0 unspecified atom stereocenters. The summed E-state index contributed by atoms with van der Waals surface area (Å²) in [4.78, 5) is 1.69. The van der Waals surface area contributed by atoms with Gasteiger partial charge >= 0.3 is 0 Å². The Bertz CT molecular complexity index is 390. The molecule has 5 heteroatoms. The predicted molar refractivity (Wildman–Crippen MR) is 65.4 cm³/mol. The molecule has 1 aromatic rings. The van der Waals surface area contributed by atoms with Crippen LogP contribution in [0.25, 0.3) is 0 Å². The second-order valence-electron chi connectivity index (χ2n) is 4.49. The zero-order chi connectivity index (χ0) is 12.5. The topological polar surface area (TPSA) is 49.5 Å². The Morgan fingerprint density at radius 3 is 2.56 bits per heavy atom. The molecule has 3 nitrogen and oxygen atoms in total. The van der Waals surface area contributed by atoms with Crippen molar-refractivity contribution in [2.24, 2.45) is 0 Å². The number of hydrogen-bond acceptors (Lipinski definition) is 3. The van der Waals surface area contributed by atoms with Gasteiger partial charge in [0.05, 0.1) is 22.0 Å². The average molecular weight is 247 g/mol. The van der Waals surface area contributed by atoms with Gasteiger partial charge in [-0.3, -0.25) is 0 Å². The standard InChI is InChI=1S/C11H16ClFN2O/c1-11(2,16)6-15(3)10-5-8(13)7(12)4-9(10)14/h4-5,16H,6,14H2,1-3H3. The molecule has 0 saturated carbocycles. The molecule has 0 bridgehead atoms. The molecule has 0 aliphatic carbocycles. The minimum absolute atomic E-state index is 0.00194. The zero-order valence-electron chi connectivity index (χ0n) is 9.59. The molecule has 0 amide bonds. The lowest BCUT2D eigenvalue weighted by atomic mass is 10.1. The molecule has 0 radical (unpaired) electrons. The number of nitrogen functional groups attached to an aromatic ring is 1. The lowest BCUT2D eigenvalue weighted by Gasteiger charge is -2.28. The largest absolute Gasteiger partial charge is 0.397 e. The molecule has 3 N–H and O–H groups in total. The van der Waals surface area contributed by atoms with Crippen molar-refractivity contribution in [2.45, 2.75) is 19.4 Å². The van der Waals surface area contributed by atoms with Gasteiger partial charge in [0.1, 0.15) is 5.82 Å². The van der Waals surface area contributed by atoms with E-state index in [4.69, 9.17) is 17.3 Å². The number of benzene rings is 1. The summed E-state index contributed by atoms with van der Waals surface area (Å²) in [7, 11) is 1.73. The van der Waals surface area contributed by atoms with Crippen molar-refractivity contribution in [1.29, 1.82) is 0 Å². The maximum Gasteiger partial charge on any atom is 0.144 e. The fourth-order valence-corrected chi connectivity index (χ4v) is 1.72. The molecule has 1 rings (SSSR count). The molecular formula is C11H16ClFN2O. The van der Waals surface area contributed by atoms with Crippen molar-refractivity contribution in [3.05, 3.63) is 23.0 Å². The summed E-state index contributed by atoms with van der Waals surface area (Å²) in [6, 6.07) is 2.64. The van der Waals surface area contributed by atoms with E-state index in [9.17, 15) is 9.50 Å². The van der Waals surface area contributed by atoms with E-state index >= 15 is 0 Å². The van der Waals surface area contributed by atoms with Crippen LogP contribution in [0.15, 0.2) is 12.1 Å². The first-order valence-electron chi connectivity index (χ1n) is 4.89. The number of aliphatic hydroxyl groups is 1. The number of nitrogens with zero attached hydrogens (tertiary/aromatic N) is 1. The maximum atomic E-state index is 13.3. The zero-order valence-corrected chi connectivity index (χ0v) is 10.3. The molecule has 16 heavy (non-hydrogen) atoms. The third kappa shape index (κ3) is 3.25. The Hall–Kier alpha value is -1.00. The lowest BCUT2D eigenvalue weighted by molar-refractivity contribution is 0.0886. The minimum atomic E-state index is -0.878. The van der Waals surface area contributed by atoms with Crippen LogP contribution in [-0.4, -0.2) is 24.3 Å². The first-order chi connectivity index (χ1) is 7.20. The van der Waals surface area contributed by atoms with Gasteiger partial charge in [-0.15, -0.1) is 0 Å². The maximum absolute atomic E-state index is 13.3. The molecule has 0 heterocycles. The Morgan fingerprint density at radius 1 is 1.50 bits per heavy atom. The van der Waals surface area contributed by atoms with Crippen molar-refractivity contribution in [3.63, 3.8) is 0 Å². The Balaban J connectivity index is 3.00. The predicted octanol–water partition coefficient (Wildman–Crippen LogP) is 2.27. The monoisotopic (exact) mass is 246 g/mol. The summed E-state index contributed by atoms with van der Waals surface area (Å²) < 4.78 is 13.3. The lowest BCUT2D eigenvalue weighted by Crippen LogP contribution is -2.36. The van der Waals surface area contributed by atoms with Gasteiger partial charge in [0.15, 0.2) is 0 Å². The highest BCUT2D eigenvalue weighted by atomic mass is 35.5. The minimum Gasteiger partial charge on any atom is -0.397 e. The molecule has 0 atom stereocenters. The molecular weight excluding hydrogens is 231 g/mol. The average Bonchev–Trinajstić information content (AvgIpc) is 2.08. The fraction of sp³-hybridized carbons (Fsp3) is 0.455. The van der Waals surface area contributed by atoms with E-state index in [2.05, 4.69) is 0 Å². The van der Waals surface area contributed by atoms with Gasteiger partial charge in [-0.2, -0.15) is 0 Å². The van der Waals surface area contributed by atoms with Crippen LogP contribution in [0.3, 0.4) is 0 Å². The van der Waals surface area contributed by atoms with Gasteiger partial charge in [0.25, 0.3) is 0 Å². The van der Waals surface area contributed by atoms with Crippen LogP contribution in [0.2, 0.25) is 5.02 Å². The van der Waals surface area contributed by atoms with Crippen LogP contribution in [0, 0.1) is 5.82 Å². The van der Waals surface area contributed by atoms with Gasteiger partial charge in [-0.1, -0.05) is 11.6 Å². The van der Waals surface area contributed by atoms with Gasteiger partial charge in [0.2, 0.25) is 0 Å². The molecule has 90 valence electrons. The number of halogens is 2. The van der Waals surface area contributed by atoms with Crippen LogP contribution in [0.5, 0.6) is 0 Å². The second-order valence-corrected chi connectivity index (χ2v) is 4.90. The van der Waals surface area contributed by atoms with E-state index in [-0.39, 0.29) is 5.02 Å². The first-order valence-corrected chi connectivity index (χ1v) is 5.26. The summed E-state index contributed by atoms with van der Waals surface area (Å²) in [6.45, 7) is 3.69. The summed E-state index contributed by atoms with van der Waals surface area (Å²) >= 11 is 5.60. The summed E-state index contributed by atoms with van der Waals surface area (Å²) in [5.41, 5.74) is 5.76. The highest BCUT2D eigenvalue weighted by molar-refractivity contribution is 6.31. The van der Waals surface area contributed by atoms with Crippen molar-refractivity contribution < 1.29 is 9.50 Å². The van der Waals surface area contributed by atoms with E-state index in [1.54, 1.807) is 25.8 Å². The number of nitrogens with two attached hydrogens (primary N) is 1. The van der Waals surface area contributed by atoms with Gasteiger partial charge in [0, 0.05) is 19.7 Å². The Morgan fingerprint density at radius 2 is 2.06 bits per heavy atom. The summed E-state index contributed by atoms with van der Waals surface area (Å²) in [6.07, 6.45) is 0. The van der Waals surface area contributed by atoms with Gasteiger partial charge < -0.3 is 15.7 Å². The van der Waals surface area contributed by atoms with Crippen LogP contribution in [-0.2, 0) is 0 Å². The third-order valence-corrected chi connectivity index (χ3v) is 2.39. The van der Waals surface area contributed by atoms with E-state index < -0.39 is 11.4 Å². The SMILES string of the molecule is CN(CC(C)(C)O)c1cc(F)c(Cl)cc1N.